The summed E-state index contributed by atoms with van der Waals surface area (Å²) < 4.78 is 1.81. The molecule has 7 heteroatoms. The standard InChI is InChI=1S/C22H17N3O3S/c1-14-5-2-7-16(11-14)23-22-24-20(26)19(29-22)13-18-9-4-10-25(18)17-8-3-6-15(12-17)21(27)28/h2-13H,1H3,(H,27,28)(H,23,24,26)/p-1/b19-13-. The summed E-state index contributed by atoms with van der Waals surface area (Å²) in [6.07, 6.45) is 3.56. The van der Waals surface area contributed by atoms with Crippen molar-refractivity contribution in [3.8, 4) is 5.69 Å². The maximum Gasteiger partial charge on any atom is 0.264 e. The fraction of sp³-hybridized carbons (Fsp3) is 0.0455. The number of carboxylic acids is 1. The molecule has 1 N–H and O–H groups in total. The SMILES string of the molecule is Cc1cccc(N=C2NC(=O)/C(=C/c3cccn3-c3cccc(C(=O)[O-])c3)S2)c1. The summed E-state index contributed by atoms with van der Waals surface area (Å²) in [4.78, 5) is 28.5. The van der Waals surface area contributed by atoms with Crippen LogP contribution in [0.2, 0.25) is 0 Å². The minimum Gasteiger partial charge on any atom is -0.545 e. The van der Waals surface area contributed by atoms with Crippen LogP contribution in [0.15, 0.2) is 76.8 Å². The van der Waals surface area contributed by atoms with Crippen LogP contribution in [0.1, 0.15) is 21.6 Å². The number of nitrogens with zero attached hydrogens (tertiary/aromatic N) is 2. The number of aromatic nitrogens is 1. The maximum absolute atomic E-state index is 12.4. The lowest BCUT2D eigenvalue weighted by molar-refractivity contribution is -0.255. The average molecular weight is 402 g/mol. The van der Waals surface area contributed by atoms with Gasteiger partial charge in [-0.15, -0.1) is 0 Å². The number of rotatable bonds is 4. The number of nitrogens with one attached hydrogen (secondary N) is 1. The van der Waals surface area contributed by atoms with Gasteiger partial charge in [0.05, 0.1) is 16.6 Å². The summed E-state index contributed by atoms with van der Waals surface area (Å²) in [6.45, 7) is 1.99. The highest BCUT2D eigenvalue weighted by Gasteiger charge is 2.24. The number of carbonyl (C=O) groups excluding carboxylic acids is 2. The Labute approximate surface area is 171 Å². The first kappa shape index (κ1) is 18.8. The number of aryl methyl sites for hydroxylation is 1. The molecule has 1 aromatic heterocycles. The molecule has 2 aromatic carbocycles. The highest BCUT2D eigenvalue weighted by molar-refractivity contribution is 8.18. The van der Waals surface area contributed by atoms with Crippen molar-refractivity contribution >= 4 is 40.6 Å². The largest absolute Gasteiger partial charge is 0.545 e. The number of thioether (sulfide) groups is 1. The molecule has 144 valence electrons. The van der Waals surface area contributed by atoms with Crippen molar-refractivity contribution in [2.24, 2.45) is 4.99 Å². The number of benzene rings is 2. The van der Waals surface area contributed by atoms with E-state index in [4.69, 9.17) is 0 Å². The van der Waals surface area contributed by atoms with E-state index >= 15 is 0 Å². The molecular weight excluding hydrogens is 386 g/mol. The molecule has 0 atom stereocenters. The molecule has 0 saturated carbocycles. The summed E-state index contributed by atoms with van der Waals surface area (Å²) in [7, 11) is 0. The average Bonchev–Trinajstić information content (AvgIpc) is 3.29. The van der Waals surface area contributed by atoms with Crippen molar-refractivity contribution in [2.75, 3.05) is 0 Å². The Morgan fingerprint density at radius 1 is 1.14 bits per heavy atom. The zero-order valence-electron chi connectivity index (χ0n) is 15.5. The van der Waals surface area contributed by atoms with E-state index in [0.29, 0.717) is 15.8 Å². The van der Waals surface area contributed by atoms with Crippen LogP contribution in [0.3, 0.4) is 0 Å². The predicted octanol–water partition coefficient (Wildman–Crippen LogP) is 3.04. The van der Waals surface area contributed by atoms with Crippen LogP contribution >= 0.6 is 11.8 Å². The van der Waals surface area contributed by atoms with Crippen LogP contribution in [0, 0.1) is 6.92 Å². The summed E-state index contributed by atoms with van der Waals surface area (Å²) in [6, 6.07) is 17.9. The molecule has 0 bridgehead atoms. The van der Waals surface area contributed by atoms with Gasteiger partial charge in [-0.2, -0.15) is 0 Å². The monoisotopic (exact) mass is 402 g/mol. The fourth-order valence-electron chi connectivity index (χ4n) is 2.96. The minimum absolute atomic E-state index is 0.0929. The smallest absolute Gasteiger partial charge is 0.264 e. The molecule has 0 radical (unpaired) electrons. The van der Waals surface area contributed by atoms with Gasteiger partial charge in [0, 0.05) is 17.6 Å². The van der Waals surface area contributed by atoms with Crippen molar-refractivity contribution in [1.82, 2.24) is 9.88 Å². The third-order valence-corrected chi connectivity index (χ3v) is 5.21. The number of hydrogen-bond acceptors (Lipinski definition) is 5. The molecule has 1 saturated heterocycles. The highest BCUT2D eigenvalue weighted by Crippen LogP contribution is 2.29. The van der Waals surface area contributed by atoms with Crippen molar-refractivity contribution in [1.29, 1.82) is 0 Å². The van der Waals surface area contributed by atoms with E-state index in [-0.39, 0.29) is 11.5 Å². The number of hydrogen-bond donors (Lipinski definition) is 1. The Kier molecular flexibility index (Phi) is 5.05. The molecule has 6 nitrogen and oxygen atoms in total. The number of amidine groups is 1. The third-order valence-electron chi connectivity index (χ3n) is 4.30. The molecular formula is C22H16N3O3S-. The van der Waals surface area contributed by atoms with Crippen LogP contribution in [-0.4, -0.2) is 21.6 Å². The second kappa shape index (κ2) is 7.81. The van der Waals surface area contributed by atoms with Crippen molar-refractivity contribution in [2.45, 2.75) is 6.92 Å². The Hall–Kier alpha value is -3.58. The minimum atomic E-state index is -1.23. The van der Waals surface area contributed by atoms with Gasteiger partial charge in [0.25, 0.3) is 5.91 Å². The van der Waals surface area contributed by atoms with Gasteiger partial charge in [0.1, 0.15) is 0 Å². The van der Waals surface area contributed by atoms with Crippen molar-refractivity contribution in [3.63, 3.8) is 0 Å². The molecule has 1 amide bonds. The van der Waals surface area contributed by atoms with Gasteiger partial charge in [-0.1, -0.05) is 24.3 Å². The van der Waals surface area contributed by atoms with E-state index in [1.165, 1.54) is 23.9 Å². The van der Waals surface area contributed by atoms with Crippen LogP contribution < -0.4 is 10.4 Å². The molecule has 29 heavy (non-hydrogen) atoms. The van der Waals surface area contributed by atoms with Crippen LogP contribution in [0.4, 0.5) is 5.69 Å². The van der Waals surface area contributed by atoms with Crippen LogP contribution in [0.5, 0.6) is 0 Å². The molecule has 0 spiro atoms. The normalized spacial score (nSPS) is 16.4. The number of aliphatic imine (C=N–C) groups is 1. The molecule has 1 aliphatic heterocycles. The van der Waals surface area contributed by atoms with E-state index in [9.17, 15) is 14.7 Å². The Balaban J connectivity index is 1.63. The first-order valence-electron chi connectivity index (χ1n) is 8.85. The summed E-state index contributed by atoms with van der Waals surface area (Å²) in [5.41, 5.74) is 3.37. The lowest BCUT2D eigenvalue weighted by Gasteiger charge is -2.09. The van der Waals surface area contributed by atoms with Gasteiger partial charge in [0.2, 0.25) is 0 Å². The van der Waals surface area contributed by atoms with Crippen molar-refractivity contribution in [3.05, 3.63) is 88.6 Å². The quantitative estimate of drug-likeness (QED) is 0.680. The Bertz CT molecular complexity index is 1180. The Morgan fingerprint density at radius 3 is 2.76 bits per heavy atom. The lowest BCUT2D eigenvalue weighted by Crippen LogP contribution is -2.22. The van der Waals surface area contributed by atoms with Crippen LogP contribution in [-0.2, 0) is 4.79 Å². The first-order chi connectivity index (χ1) is 14.0. The fourth-order valence-corrected chi connectivity index (χ4v) is 3.79. The van der Waals surface area contributed by atoms with Crippen LogP contribution in [0.25, 0.3) is 11.8 Å². The van der Waals surface area contributed by atoms with Crippen molar-refractivity contribution < 1.29 is 14.7 Å². The van der Waals surface area contributed by atoms with Gasteiger partial charge >= 0.3 is 0 Å². The first-order valence-corrected chi connectivity index (χ1v) is 9.67. The predicted molar refractivity (Wildman–Crippen MR) is 112 cm³/mol. The highest BCUT2D eigenvalue weighted by atomic mass is 32.2. The molecule has 3 aromatic rings. The number of carboxylic acid groups (broad SMARTS) is 1. The molecule has 1 fully saturated rings. The van der Waals surface area contributed by atoms with Gasteiger partial charge in [-0.05, 0) is 72.3 Å². The topological polar surface area (TPSA) is 86.5 Å². The second-order valence-electron chi connectivity index (χ2n) is 6.46. The third kappa shape index (κ3) is 4.14. The molecule has 0 aliphatic carbocycles. The molecule has 2 heterocycles. The second-order valence-corrected chi connectivity index (χ2v) is 7.49. The van der Waals surface area contributed by atoms with E-state index in [1.54, 1.807) is 24.4 Å². The van der Waals surface area contributed by atoms with Gasteiger partial charge in [-0.25, -0.2) is 4.99 Å². The lowest BCUT2D eigenvalue weighted by atomic mass is 10.2. The molecule has 1 aliphatic rings. The van der Waals surface area contributed by atoms with Gasteiger partial charge < -0.3 is 19.8 Å². The van der Waals surface area contributed by atoms with E-state index in [2.05, 4.69) is 10.3 Å². The summed E-state index contributed by atoms with van der Waals surface area (Å²) >= 11 is 1.26. The summed E-state index contributed by atoms with van der Waals surface area (Å²) in [5.74, 6) is -1.46. The van der Waals surface area contributed by atoms with E-state index in [0.717, 1.165) is 16.9 Å². The number of amides is 1. The number of carbonyl (C=O) groups is 2. The number of aromatic carboxylic acids is 1. The van der Waals surface area contributed by atoms with E-state index < -0.39 is 5.97 Å². The maximum atomic E-state index is 12.4. The molecule has 0 unspecified atom stereocenters. The Morgan fingerprint density at radius 2 is 1.97 bits per heavy atom. The van der Waals surface area contributed by atoms with E-state index in [1.807, 2.05) is 47.9 Å². The van der Waals surface area contributed by atoms with Gasteiger partial charge in [0.15, 0.2) is 5.17 Å². The zero-order chi connectivity index (χ0) is 20.4. The zero-order valence-corrected chi connectivity index (χ0v) is 16.3. The van der Waals surface area contributed by atoms with Gasteiger partial charge in [-0.3, -0.25) is 4.79 Å². The molecule has 4 rings (SSSR count). The summed E-state index contributed by atoms with van der Waals surface area (Å²) in [5, 5.41) is 14.4.